The number of carbonyl (C=O) groups is 4. The van der Waals surface area contributed by atoms with E-state index in [0.717, 1.165) is 50.1 Å². The fourth-order valence-electron chi connectivity index (χ4n) is 9.73. The highest BCUT2D eigenvalue weighted by atomic mass is 16.6. The summed E-state index contributed by atoms with van der Waals surface area (Å²) in [6, 6.07) is 28.9. The third-order valence-electron chi connectivity index (χ3n) is 13.1. The van der Waals surface area contributed by atoms with Gasteiger partial charge in [0, 0.05) is 39.0 Å². The number of hydrogen-bond acceptors (Lipinski definition) is 8. The van der Waals surface area contributed by atoms with Crippen LogP contribution < -0.4 is 10.6 Å². The molecular formula is C56H62N4O8. The van der Waals surface area contributed by atoms with Gasteiger partial charge in [-0.05, 0) is 132 Å². The lowest BCUT2D eigenvalue weighted by Crippen LogP contribution is -2.45. The molecule has 2 fully saturated rings. The normalized spacial score (nSPS) is 16.3. The van der Waals surface area contributed by atoms with E-state index in [9.17, 15) is 29.4 Å². The lowest BCUT2D eigenvalue weighted by atomic mass is 9.84. The van der Waals surface area contributed by atoms with Crippen LogP contribution in [0.15, 0.2) is 96.1 Å². The fourth-order valence-corrected chi connectivity index (χ4v) is 9.73. The summed E-state index contributed by atoms with van der Waals surface area (Å²) in [6.07, 6.45) is 10.3. The lowest BCUT2D eigenvalue weighted by Gasteiger charge is -2.32. The summed E-state index contributed by atoms with van der Waals surface area (Å²) < 4.78 is 10.3. The van der Waals surface area contributed by atoms with Gasteiger partial charge in [-0.25, -0.2) is 9.59 Å². The van der Waals surface area contributed by atoms with Crippen LogP contribution in [0.5, 0.6) is 0 Å². The van der Waals surface area contributed by atoms with E-state index < -0.39 is 29.9 Å². The molecule has 0 aromatic heterocycles. The topological polar surface area (TPSA) is 158 Å². The molecule has 2 aliphatic carbocycles. The molecule has 2 saturated heterocycles. The number of nitrogens with one attached hydrogen (secondary N) is 2. The minimum absolute atomic E-state index is 0.00303. The smallest absolute Gasteiger partial charge is 0.407 e. The molecule has 4 aromatic carbocycles. The molecule has 0 radical (unpaired) electrons. The van der Waals surface area contributed by atoms with Crippen molar-refractivity contribution in [3.63, 3.8) is 0 Å². The van der Waals surface area contributed by atoms with Crippen molar-refractivity contribution >= 4 is 59.5 Å². The van der Waals surface area contributed by atoms with Crippen molar-refractivity contribution in [3.8, 4) is 11.1 Å². The van der Waals surface area contributed by atoms with Gasteiger partial charge >= 0.3 is 12.2 Å². The van der Waals surface area contributed by atoms with Crippen LogP contribution >= 0.6 is 0 Å². The fraction of sp³-hybridized carbons (Fsp3) is 0.357. The minimum Gasteiger partial charge on any atom is -0.450 e. The second-order valence-corrected chi connectivity index (χ2v) is 18.8. The maximum atomic E-state index is 13.5. The molecule has 0 spiro atoms. The Kier molecular flexibility index (Phi) is 14.8. The van der Waals surface area contributed by atoms with Crippen molar-refractivity contribution in [2.45, 2.75) is 83.9 Å². The summed E-state index contributed by atoms with van der Waals surface area (Å²) in [5.74, 6) is -0.230. The number of aliphatic hydroxyl groups is 2. The van der Waals surface area contributed by atoms with Crippen molar-refractivity contribution < 1.29 is 38.9 Å². The zero-order valence-corrected chi connectivity index (χ0v) is 39.5. The SMILES string of the molecule is CCOC(=O)NC(CO)CC(=O)N1CCC(=C2c3ccccc3C=Cc3cc(-c4ccc5c(c4)C=Cc4ccccc4C5=C4CCN(C(=O)CC(CO)NC(=O)OC(C)(C)C)CC4)ccc32)CC1. The van der Waals surface area contributed by atoms with E-state index in [0.29, 0.717) is 51.9 Å². The maximum absolute atomic E-state index is 13.5. The van der Waals surface area contributed by atoms with Gasteiger partial charge in [0.15, 0.2) is 0 Å². The summed E-state index contributed by atoms with van der Waals surface area (Å²) in [7, 11) is 0. The van der Waals surface area contributed by atoms with Crippen LogP contribution in [0, 0.1) is 0 Å². The predicted octanol–water partition coefficient (Wildman–Crippen LogP) is 8.94. The Bertz CT molecular complexity index is 2690. The number of likely N-dealkylation sites (tertiary alicyclic amines) is 2. The number of aliphatic hydroxyl groups excluding tert-OH is 2. The number of ether oxygens (including phenoxy) is 2. The van der Waals surface area contributed by atoms with E-state index in [1.165, 1.54) is 27.9 Å². The number of nitrogens with zero attached hydrogens (tertiary/aromatic N) is 2. The summed E-state index contributed by atoms with van der Waals surface area (Å²) in [5.41, 5.74) is 15.6. The number of carbonyl (C=O) groups excluding carboxylic acids is 4. The van der Waals surface area contributed by atoms with Gasteiger partial charge in [0.1, 0.15) is 5.60 Å². The molecule has 4 aromatic rings. The van der Waals surface area contributed by atoms with Gasteiger partial charge in [0.25, 0.3) is 0 Å². The standard InChI is InChI=1S/C56H62N4O8/c1-5-67-54(65)57-44(34-61)32-50(63)59-26-22-38(23-27-59)52-46-12-8-6-10-36(46)14-16-42-30-40(18-20-48(42)52)41-19-21-49-43(31-41)17-15-37-11-7-9-13-47(37)53(49)39-24-28-60(29-25-39)51(64)33-45(35-62)58-55(66)68-56(2,3)4/h6-21,30-31,44-45,61-62H,5,22-29,32-35H2,1-4H3,(H,57,65)(H,58,66). The molecule has 2 heterocycles. The van der Waals surface area contributed by atoms with Crippen LogP contribution in [0.4, 0.5) is 9.59 Å². The Morgan fingerprint density at radius 3 is 1.38 bits per heavy atom. The monoisotopic (exact) mass is 918 g/mol. The van der Waals surface area contributed by atoms with Gasteiger partial charge in [-0.3, -0.25) is 9.59 Å². The molecule has 0 bridgehead atoms. The molecule has 12 nitrogen and oxygen atoms in total. The van der Waals surface area contributed by atoms with Gasteiger partial charge < -0.3 is 40.1 Å². The van der Waals surface area contributed by atoms with Crippen LogP contribution in [-0.2, 0) is 19.1 Å². The number of fused-ring (bicyclic) bond motifs is 4. The third kappa shape index (κ3) is 11.0. The molecule has 12 heteroatoms. The molecule has 0 saturated carbocycles. The summed E-state index contributed by atoms with van der Waals surface area (Å²) in [4.78, 5) is 54.9. The first-order valence-corrected chi connectivity index (χ1v) is 23.8. The molecule has 354 valence electrons. The minimum atomic E-state index is -0.742. The molecule has 2 atom stereocenters. The highest BCUT2D eigenvalue weighted by Crippen LogP contribution is 2.43. The maximum Gasteiger partial charge on any atom is 0.407 e. The molecule has 4 aliphatic rings. The van der Waals surface area contributed by atoms with Gasteiger partial charge in [-0.15, -0.1) is 0 Å². The van der Waals surface area contributed by atoms with Gasteiger partial charge in [0.05, 0.1) is 31.9 Å². The van der Waals surface area contributed by atoms with Gasteiger partial charge in [0.2, 0.25) is 11.8 Å². The predicted molar refractivity (Wildman–Crippen MR) is 267 cm³/mol. The third-order valence-corrected chi connectivity index (χ3v) is 13.1. The van der Waals surface area contributed by atoms with E-state index in [1.807, 2.05) is 9.80 Å². The zero-order chi connectivity index (χ0) is 48.0. The van der Waals surface area contributed by atoms with Crippen molar-refractivity contribution in [2.75, 3.05) is 46.0 Å². The largest absolute Gasteiger partial charge is 0.450 e. The first-order valence-electron chi connectivity index (χ1n) is 23.8. The Hall–Kier alpha value is -6.76. The lowest BCUT2D eigenvalue weighted by molar-refractivity contribution is -0.133. The van der Waals surface area contributed by atoms with Crippen molar-refractivity contribution in [2.24, 2.45) is 0 Å². The Labute approximate surface area is 399 Å². The van der Waals surface area contributed by atoms with E-state index in [-0.39, 0.29) is 44.5 Å². The van der Waals surface area contributed by atoms with Crippen molar-refractivity contribution in [3.05, 3.63) is 141 Å². The number of rotatable bonds is 10. The average Bonchev–Trinajstić information content (AvgIpc) is 3.60. The van der Waals surface area contributed by atoms with Gasteiger partial charge in [-0.1, -0.05) is 108 Å². The molecular weight excluding hydrogens is 857 g/mol. The van der Waals surface area contributed by atoms with Crippen molar-refractivity contribution in [1.29, 1.82) is 0 Å². The van der Waals surface area contributed by atoms with Crippen LogP contribution in [-0.4, -0.2) is 108 Å². The molecule has 68 heavy (non-hydrogen) atoms. The number of alkyl carbamates (subject to hydrolysis) is 2. The second-order valence-electron chi connectivity index (χ2n) is 18.8. The summed E-state index contributed by atoms with van der Waals surface area (Å²) in [6.45, 7) is 8.63. The first-order chi connectivity index (χ1) is 32.8. The number of hydrogen-bond donors (Lipinski definition) is 4. The van der Waals surface area contributed by atoms with Crippen LogP contribution in [0.25, 0.3) is 46.6 Å². The molecule has 2 aliphatic heterocycles. The van der Waals surface area contributed by atoms with E-state index in [1.54, 1.807) is 27.7 Å². The number of piperidine rings is 2. The second kappa shape index (κ2) is 21.0. The van der Waals surface area contributed by atoms with Crippen molar-refractivity contribution in [1.82, 2.24) is 20.4 Å². The molecule has 8 rings (SSSR count). The number of amides is 4. The summed E-state index contributed by atoms with van der Waals surface area (Å²) in [5, 5.41) is 25.1. The highest BCUT2D eigenvalue weighted by molar-refractivity contribution is 5.98. The number of benzene rings is 4. The van der Waals surface area contributed by atoms with Crippen LogP contribution in [0.2, 0.25) is 0 Å². The van der Waals surface area contributed by atoms with E-state index in [2.05, 4.69) is 120 Å². The van der Waals surface area contributed by atoms with Crippen LogP contribution in [0.3, 0.4) is 0 Å². The Morgan fingerprint density at radius 2 is 0.971 bits per heavy atom. The zero-order valence-electron chi connectivity index (χ0n) is 39.5. The molecule has 4 amide bonds. The summed E-state index contributed by atoms with van der Waals surface area (Å²) >= 11 is 0. The highest BCUT2D eigenvalue weighted by Gasteiger charge is 2.30. The quantitative estimate of drug-likeness (QED) is 0.106. The molecule has 4 N–H and O–H groups in total. The van der Waals surface area contributed by atoms with Gasteiger partial charge in [-0.2, -0.15) is 0 Å². The molecule has 2 unspecified atom stereocenters. The first kappa shape index (κ1) is 47.7. The average molecular weight is 919 g/mol. The van der Waals surface area contributed by atoms with E-state index in [4.69, 9.17) is 9.47 Å². The van der Waals surface area contributed by atoms with Crippen LogP contribution in [0.1, 0.15) is 111 Å². The Morgan fingerprint density at radius 1 is 0.574 bits per heavy atom. The van der Waals surface area contributed by atoms with E-state index >= 15 is 0 Å². The Balaban J connectivity index is 1.03.